The minimum atomic E-state index is -0.405. The second kappa shape index (κ2) is 4.45. The number of carbonyl (C=O) groups excluding carboxylic acids is 2. The fourth-order valence-electron chi connectivity index (χ4n) is 1.77. The van der Waals surface area contributed by atoms with E-state index in [2.05, 4.69) is 5.32 Å². The molecule has 1 fully saturated rings. The molecule has 1 aromatic carbocycles. The van der Waals surface area contributed by atoms with Crippen molar-refractivity contribution < 1.29 is 14.3 Å². The van der Waals surface area contributed by atoms with Gasteiger partial charge in [0.05, 0.1) is 18.7 Å². The van der Waals surface area contributed by atoms with Crippen LogP contribution < -0.4 is 15.0 Å². The van der Waals surface area contributed by atoms with Crippen molar-refractivity contribution in [3.63, 3.8) is 0 Å². The van der Waals surface area contributed by atoms with Gasteiger partial charge in [0, 0.05) is 6.54 Å². The van der Waals surface area contributed by atoms with Gasteiger partial charge in [0.2, 0.25) is 5.91 Å². The Labute approximate surface area is 99.4 Å². The van der Waals surface area contributed by atoms with E-state index in [1.54, 1.807) is 31.2 Å². The van der Waals surface area contributed by atoms with Crippen LogP contribution in [0, 0.1) is 5.92 Å². The predicted molar refractivity (Wildman–Crippen MR) is 63.0 cm³/mol. The first kappa shape index (κ1) is 11.4. The lowest BCUT2D eigenvalue weighted by Crippen LogP contribution is -2.54. The largest absolute Gasteiger partial charge is 0.495 e. The van der Waals surface area contributed by atoms with Crippen molar-refractivity contribution in [3.05, 3.63) is 24.3 Å². The van der Waals surface area contributed by atoms with Crippen LogP contribution in [0.25, 0.3) is 0 Å². The zero-order chi connectivity index (χ0) is 12.4. The number of rotatable bonds is 2. The lowest BCUT2D eigenvalue weighted by molar-refractivity contribution is -0.121. The van der Waals surface area contributed by atoms with Gasteiger partial charge in [0.1, 0.15) is 5.75 Å². The van der Waals surface area contributed by atoms with Gasteiger partial charge in [0.15, 0.2) is 0 Å². The number of carbonyl (C=O) groups is 2. The van der Waals surface area contributed by atoms with E-state index in [-0.39, 0.29) is 11.8 Å². The molecule has 1 aromatic rings. The molecule has 5 heteroatoms. The van der Waals surface area contributed by atoms with Crippen molar-refractivity contribution in [2.75, 3.05) is 18.6 Å². The highest BCUT2D eigenvalue weighted by molar-refractivity contribution is 6.17. The number of ether oxygens (including phenoxy) is 1. The van der Waals surface area contributed by atoms with Crippen molar-refractivity contribution in [1.29, 1.82) is 0 Å². The van der Waals surface area contributed by atoms with Gasteiger partial charge in [0.25, 0.3) is 0 Å². The maximum atomic E-state index is 12.0. The molecule has 0 radical (unpaired) electrons. The van der Waals surface area contributed by atoms with E-state index in [1.165, 1.54) is 7.11 Å². The molecule has 0 aromatic heterocycles. The Morgan fingerprint density at radius 1 is 1.35 bits per heavy atom. The maximum absolute atomic E-state index is 12.0. The van der Waals surface area contributed by atoms with Crippen LogP contribution in [0.15, 0.2) is 24.3 Å². The Balaban J connectivity index is 2.43. The van der Waals surface area contributed by atoms with Crippen molar-refractivity contribution in [1.82, 2.24) is 5.32 Å². The summed E-state index contributed by atoms with van der Waals surface area (Å²) in [4.78, 5) is 24.9. The zero-order valence-corrected chi connectivity index (χ0v) is 9.77. The van der Waals surface area contributed by atoms with E-state index < -0.39 is 6.03 Å². The van der Waals surface area contributed by atoms with E-state index in [1.807, 2.05) is 0 Å². The molecule has 90 valence electrons. The number of methoxy groups -OCH3 is 1. The Kier molecular flexibility index (Phi) is 2.99. The Morgan fingerprint density at radius 3 is 2.76 bits per heavy atom. The quantitative estimate of drug-likeness (QED) is 0.841. The van der Waals surface area contributed by atoms with Crippen LogP contribution in [-0.2, 0) is 4.79 Å². The summed E-state index contributed by atoms with van der Waals surface area (Å²) in [5.74, 6) is 0.0703. The summed E-state index contributed by atoms with van der Waals surface area (Å²) in [5.41, 5.74) is 0.476. The first-order valence-electron chi connectivity index (χ1n) is 5.40. The number of hydrogen-bond donors (Lipinski definition) is 1. The summed E-state index contributed by atoms with van der Waals surface area (Å²) >= 11 is 0. The number of nitrogens with zero attached hydrogens (tertiary/aromatic N) is 1. The Hall–Kier alpha value is -2.04. The van der Waals surface area contributed by atoms with Gasteiger partial charge < -0.3 is 10.1 Å². The molecule has 1 heterocycles. The monoisotopic (exact) mass is 234 g/mol. The van der Waals surface area contributed by atoms with Gasteiger partial charge in [-0.15, -0.1) is 0 Å². The molecule has 1 unspecified atom stereocenters. The van der Waals surface area contributed by atoms with E-state index in [0.29, 0.717) is 18.0 Å². The van der Waals surface area contributed by atoms with Crippen LogP contribution in [0.1, 0.15) is 6.92 Å². The summed E-state index contributed by atoms with van der Waals surface area (Å²) in [7, 11) is 1.51. The van der Waals surface area contributed by atoms with Gasteiger partial charge in [-0.1, -0.05) is 19.1 Å². The van der Waals surface area contributed by atoms with E-state index in [0.717, 1.165) is 4.90 Å². The fourth-order valence-corrected chi connectivity index (χ4v) is 1.77. The maximum Gasteiger partial charge on any atom is 0.328 e. The summed E-state index contributed by atoms with van der Waals surface area (Å²) in [6, 6.07) is 6.55. The predicted octanol–water partition coefficient (Wildman–Crippen LogP) is 1.39. The molecule has 1 N–H and O–H groups in total. The van der Waals surface area contributed by atoms with Crippen LogP contribution in [0.2, 0.25) is 0 Å². The number of hydrogen-bond acceptors (Lipinski definition) is 3. The van der Waals surface area contributed by atoms with Crippen LogP contribution in [0.5, 0.6) is 5.75 Å². The summed E-state index contributed by atoms with van der Waals surface area (Å²) in [6.07, 6.45) is 0. The molecule has 1 saturated heterocycles. The van der Waals surface area contributed by atoms with Gasteiger partial charge in [-0.05, 0) is 12.1 Å². The van der Waals surface area contributed by atoms with E-state index >= 15 is 0 Å². The van der Waals surface area contributed by atoms with Crippen LogP contribution >= 0.6 is 0 Å². The normalized spacial score (nSPS) is 20.1. The molecule has 0 bridgehead atoms. The number of benzene rings is 1. The summed E-state index contributed by atoms with van der Waals surface area (Å²) in [6.45, 7) is 2.16. The van der Waals surface area contributed by atoms with Crippen molar-refractivity contribution in [2.24, 2.45) is 5.92 Å². The van der Waals surface area contributed by atoms with Crippen LogP contribution in [0.4, 0.5) is 10.5 Å². The second-order valence-electron chi connectivity index (χ2n) is 3.93. The standard InChI is InChI=1S/C12H14N2O3/c1-8-7-13-12(16)14(11(8)15)9-5-3-4-6-10(9)17-2/h3-6,8H,7H2,1-2H3,(H,13,16). The molecular formula is C12H14N2O3. The fraction of sp³-hybridized carbons (Fsp3) is 0.333. The minimum absolute atomic E-state index is 0.210. The first-order valence-corrected chi connectivity index (χ1v) is 5.40. The van der Waals surface area contributed by atoms with Crippen LogP contribution in [0.3, 0.4) is 0 Å². The van der Waals surface area contributed by atoms with Gasteiger partial charge in [-0.3, -0.25) is 4.79 Å². The molecule has 1 atom stereocenters. The number of anilines is 1. The molecule has 5 nitrogen and oxygen atoms in total. The lowest BCUT2D eigenvalue weighted by Gasteiger charge is -2.30. The summed E-state index contributed by atoms with van der Waals surface area (Å²) in [5, 5.41) is 2.67. The lowest BCUT2D eigenvalue weighted by atomic mass is 10.1. The molecular weight excluding hydrogens is 220 g/mol. The molecule has 2 rings (SSSR count). The van der Waals surface area contributed by atoms with Gasteiger partial charge >= 0.3 is 6.03 Å². The highest BCUT2D eigenvalue weighted by Gasteiger charge is 2.33. The Morgan fingerprint density at radius 2 is 2.06 bits per heavy atom. The summed E-state index contributed by atoms with van der Waals surface area (Å²) < 4.78 is 5.16. The molecule has 0 spiro atoms. The molecule has 1 aliphatic heterocycles. The molecule has 3 amide bonds. The number of urea groups is 1. The molecule has 0 aliphatic carbocycles. The topological polar surface area (TPSA) is 58.6 Å². The Bertz CT molecular complexity index is 459. The molecule has 17 heavy (non-hydrogen) atoms. The minimum Gasteiger partial charge on any atom is -0.495 e. The smallest absolute Gasteiger partial charge is 0.328 e. The number of amides is 3. The van der Waals surface area contributed by atoms with Crippen molar-refractivity contribution in [3.8, 4) is 5.75 Å². The number of nitrogens with one attached hydrogen (secondary N) is 1. The van der Waals surface area contributed by atoms with Crippen molar-refractivity contribution in [2.45, 2.75) is 6.92 Å². The first-order chi connectivity index (χ1) is 8.15. The van der Waals surface area contributed by atoms with Crippen LogP contribution in [-0.4, -0.2) is 25.6 Å². The molecule has 0 saturated carbocycles. The third kappa shape index (κ3) is 1.95. The van der Waals surface area contributed by atoms with Gasteiger partial charge in [-0.2, -0.15) is 0 Å². The molecule has 1 aliphatic rings. The highest BCUT2D eigenvalue weighted by Crippen LogP contribution is 2.29. The SMILES string of the molecule is COc1ccccc1N1C(=O)NCC(C)C1=O. The number of para-hydroxylation sites is 2. The highest BCUT2D eigenvalue weighted by atomic mass is 16.5. The average Bonchev–Trinajstić information content (AvgIpc) is 2.35. The second-order valence-corrected chi connectivity index (χ2v) is 3.93. The van der Waals surface area contributed by atoms with Gasteiger partial charge in [-0.25, -0.2) is 9.69 Å². The zero-order valence-electron chi connectivity index (χ0n) is 9.77. The number of imide groups is 1. The third-order valence-electron chi connectivity index (χ3n) is 2.73. The van der Waals surface area contributed by atoms with Crippen molar-refractivity contribution >= 4 is 17.6 Å². The average molecular weight is 234 g/mol. The third-order valence-corrected chi connectivity index (χ3v) is 2.73. The van der Waals surface area contributed by atoms with E-state index in [9.17, 15) is 9.59 Å². The van der Waals surface area contributed by atoms with E-state index in [4.69, 9.17) is 4.74 Å².